The zero-order valence-electron chi connectivity index (χ0n) is 20.7. The van der Waals surface area contributed by atoms with Gasteiger partial charge in [0.05, 0.1) is 11.8 Å². The molecule has 0 radical (unpaired) electrons. The Hall–Kier alpha value is -3.41. The van der Waals surface area contributed by atoms with Crippen molar-refractivity contribution in [2.45, 2.75) is 72.8 Å². The lowest BCUT2D eigenvalue weighted by atomic mass is 9.83. The molecule has 0 saturated heterocycles. The average Bonchev–Trinajstić information content (AvgIpc) is 3.24. The number of phenolic OH excluding ortho intramolecular Hbond substituents is 1. The van der Waals surface area contributed by atoms with Crippen LogP contribution in [-0.2, 0) is 24.1 Å². The molecule has 0 amide bonds. The number of hydrogen-bond acceptors (Lipinski definition) is 6. The quantitative estimate of drug-likeness (QED) is 0.505. The number of carbonyl (C=O) groups excluding carboxylic acids is 2. The summed E-state index contributed by atoms with van der Waals surface area (Å²) in [5, 5.41) is 14.1. The maximum absolute atomic E-state index is 13.4. The third-order valence-corrected chi connectivity index (χ3v) is 7.29. The van der Waals surface area contributed by atoms with Crippen molar-refractivity contribution in [3.8, 4) is 11.5 Å². The monoisotopic (exact) mass is 461 g/mol. The molecule has 1 aromatic heterocycles. The number of aryl methyl sites for hydroxylation is 2. The smallest absolute Gasteiger partial charge is 0.180 e. The molecule has 1 aliphatic rings. The highest BCUT2D eigenvalue weighted by Gasteiger charge is 2.40. The Kier molecular flexibility index (Phi) is 6.11. The van der Waals surface area contributed by atoms with Gasteiger partial charge in [-0.25, -0.2) is 0 Å². The normalized spacial score (nSPS) is 17.2. The number of carbonyl (C=O) groups is 2. The SMILES string of the molecule is Cc1ccc(CC(=O)C2(C)CCc3c(C)c(O)c(C)c(C)c3O2)cc1CC(=O)c1cnoc1C. The zero-order valence-corrected chi connectivity index (χ0v) is 20.7. The molecule has 0 fully saturated rings. The number of rotatable bonds is 6. The minimum atomic E-state index is -0.950. The van der Waals surface area contributed by atoms with E-state index in [4.69, 9.17) is 9.26 Å². The van der Waals surface area contributed by atoms with E-state index in [1.54, 1.807) is 6.92 Å². The van der Waals surface area contributed by atoms with Crippen LogP contribution in [0.5, 0.6) is 11.5 Å². The standard InChI is InChI=1S/C28H31NO5/c1-15-7-8-20(11-21(15)13-24(30)23-14-29-34-19(23)5)12-25(31)28(6)10-9-22-18(4)26(32)16(2)17(3)27(22)33-28/h7-8,11,14,32H,9-10,12-13H2,1-6H3. The van der Waals surface area contributed by atoms with Gasteiger partial charge >= 0.3 is 0 Å². The number of nitrogens with zero attached hydrogens (tertiary/aromatic N) is 1. The highest BCUT2D eigenvalue weighted by atomic mass is 16.5. The maximum atomic E-state index is 13.4. The maximum Gasteiger partial charge on any atom is 0.180 e. The van der Waals surface area contributed by atoms with Gasteiger partial charge in [0.25, 0.3) is 0 Å². The van der Waals surface area contributed by atoms with E-state index in [0.29, 0.717) is 35.7 Å². The van der Waals surface area contributed by atoms with E-state index in [9.17, 15) is 14.7 Å². The first-order valence-electron chi connectivity index (χ1n) is 11.6. The number of ketones is 2. The van der Waals surface area contributed by atoms with Crippen LogP contribution in [-0.4, -0.2) is 27.4 Å². The first-order chi connectivity index (χ1) is 16.0. The van der Waals surface area contributed by atoms with Gasteiger partial charge in [-0.15, -0.1) is 0 Å². The number of Topliss-reactive ketones (excluding diaryl/α,β-unsaturated/α-hetero) is 2. The van der Waals surface area contributed by atoms with E-state index in [1.807, 2.05) is 52.8 Å². The summed E-state index contributed by atoms with van der Waals surface area (Å²) in [6, 6.07) is 5.82. The number of phenols is 1. The number of ether oxygens (including phenoxy) is 1. The van der Waals surface area contributed by atoms with Crippen LogP contribution >= 0.6 is 0 Å². The zero-order chi connectivity index (χ0) is 24.8. The van der Waals surface area contributed by atoms with Crippen LogP contribution < -0.4 is 4.74 Å². The van der Waals surface area contributed by atoms with Crippen molar-refractivity contribution in [3.05, 3.63) is 74.7 Å². The molecule has 0 bridgehead atoms. The topological polar surface area (TPSA) is 89.6 Å². The third kappa shape index (κ3) is 4.13. The average molecular weight is 462 g/mol. The van der Waals surface area contributed by atoms with E-state index in [1.165, 1.54) is 6.20 Å². The molecule has 0 saturated carbocycles. The Morgan fingerprint density at radius 2 is 1.79 bits per heavy atom. The molecule has 6 heteroatoms. The van der Waals surface area contributed by atoms with Gasteiger partial charge in [-0.3, -0.25) is 9.59 Å². The highest BCUT2D eigenvalue weighted by molar-refractivity contribution is 5.98. The fourth-order valence-electron chi connectivity index (χ4n) is 4.68. The first-order valence-corrected chi connectivity index (χ1v) is 11.6. The van der Waals surface area contributed by atoms with Gasteiger partial charge in [0.2, 0.25) is 0 Å². The summed E-state index contributed by atoms with van der Waals surface area (Å²) < 4.78 is 11.4. The molecular formula is C28H31NO5. The molecule has 1 atom stereocenters. The van der Waals surface area contributed by atoms with E-state index in [0.717, 1.165) is 38.9 Å². The minimum Gasteiger partial charge on any atom is -0.507 e. The van der Waals surface area contributed by atoms with Crippen molar-refractivity contribution >= 4 is 11.6 Å². The van der Waals surface area contributed by atoms with Crippen LogP contribution in [0.15, 0.2) is 28.9 Å². The molecule has 0 spiro atoms. The van der Waals surface area contributed by atoms with Crippen LogP contribution in [0.4, 0.5) is 0 Å². The Labute approximate surface area is 199 Å². The number of fused-ring (bicyclic) bond motifs is 1. The van der Waals surface area contributed by atoms with Crippen molar-refractivity contribution in [3.63, 3.8) is 0 Å². The van der Waals surface area contributed by atoms with Crippen molar-refractivity contribution < 1.29 is 24.0 Å². The van der Waals surface area contributed by atoms with Crippen LogP contribution in [0.1, 0.15) is 68.4 Å². The third-order valence-electron chi connectivity index (χ3n) is 7.29. The molecule has 2 aromatic carbocycles. The molecule has 1 unspecified atom stereocenters. The van der Waals surface area contributed by atoms with Crippen molar-refractivity contribution in [1.82, 2.24) is 5.16 Å². The van der Waals surface area contributed by atoms with Gasteiger partial charge in [-0.1, -0.05) is 23.4 Å². The lowest BCUT2D eigenvalue weighted by Gasteiger charge is -2.37. The van der Waals surface area contributed by atoms with Crippen LogP contribution in [0.3, 0.4) is 0 Å². The lowest BCUT2D eigenvalue weighted by molar-refractivity contribution is -0.133. The van der Waals surface area contributed by atoms with E-state index >= 15 is 0 Å². The van der Waals surface area contributed by atoms with Gasteiger partial charge < -0.3 is 14.4 Å². The summed E-state index contributed by atoms with van der Waals surface area (Å²) >= 11 is 0. The second-order valence-electron chi connectivity index (χ2n) is 9.62. The second-order valence-corrected chi connectivity index (χ2v) is 9.62. The summed E-state index contributed by atoms with van der Waals surface area (Å²) in [4.78, 5) is 26.1. The predicted molar refractivity (Wildman–Crippen MR) is 129 cm³/mol. The Bertz CT molecular complexity index is 1300. The fourth-order valence-corrected chi connectivity index (χ4v) is 4.68. The van der Waals surface area contributed by atoms with Crippen molar-refractivity contribution in [2.75, 3.05) is 0 Å². The number of benzene rings is 2. The van der Waals surface area contributed by atoms with E-state index in [-0.39, 0.29) is 24.4 Å². The molecule has 3 aromatic rings. The molecule has 4 rings (SSSR count). The van der Waals surface area contributed by atoms with Crippen LogP contribution in [0, 0.1) is 34.6 Å². The summed E-state index contributed by atoms with van der Waals surface area (Å²) in [6.45, 7) is 11.2. The number of hydrogen-bond donors (Lipinski definition) is 1. The largest absolute Gasteiger partial charge is 0.507 e. The summed E-state index contributed by atoms with van der Waals surface area (Å²) in [5.74, 6) is 1.46. The van der Waals surface area contributed by atoms with Gasteiger partial charge in [0, 0.05) is 18.4 Å². The van der Waals surface area contributed by atoms with Crippen LogP contribution in [0.25, 0.3) is 0 Å². The van der Waals surface area contributed by atoms with Crippen molar-refractivity contribution in [2.24, 2.45) is 0 Å². The molecule has 178 valence electrons. The minimum absolute atomic E-state index is 0.00283. The highest BCUT2D eigenvalue weighted by Crippen LogP contribution is 2.43. The second kappa shape index (κ2) is 8.75. The number of aromatic hydroxyl groups is 1. The predicted octanol–water partition coefficient (Wildman–Crippen LogP) is 5.24. The molecule has 34 heavy (non-hydrogen) atoms. The lowest BCUT2D eigenvalue weighted by Crippen LogP contribution is -2.45. The first kappa shape index (κ1) is 23.7. The summed E-state index contributed by atoms with van der Waals surface area (Å²) in [5.41, 5.74) is 5.71. The van der Waals surface area contributed by atoms with Crippen molar-refractivity contribution in [1.29, 1.82) is 0 Å². The molecule has 1 N–H and O–H groups in total. The molecule has 1 aliphatic heterocycles. The Balaban J connectivity index is 1.55. The van der Waals surface area contributed by atoms with Gasteiger partial charge in [-0.05, 0) is 87.8 Å². The van der Waals surface area contributed by atoms with Gasteiger partial charge in [-0.2, -0.15) is 0 Å². The van der Waals surface area contributed by atoms with E-state index < -0.39 is 5.60 Å². The summed E-state index contributed by atoms with van der Waals surface area (Å²) in [6.07, 6.45) is 3.10. The summed E-state index contributed by atoms with van der Waals surface area (Å²) in [7, 11) is 0. The molecular weight excluding hydrogens is 430 g/mol. The Morgan fingerprint density at radius 3 is 2.47 bits per heavy atom. The van der Waals surface area contributed by atoms with Gasteiger partial charge in [0.1, 0.15) is 17.3 Å². The Morgan fingerprint density at radius 1 is 1.06 bits per heavy atom. The number of aromatic nitrogens is 1. The molecule has 0 aliphatic carbocycles. The van der Waals surface area contributed by atoms with Gasteiger partial charge in [0.15, 0.2) is 17.2 Å². The van der Waals surface area contributed by atoms with E-state index in [2.05, 4.69) is 5.16 Å². The molecule has 2 heterocycles. The molecule has 6 nitrogen and oxygen atoms in total. The fraction of sp³-hybridized carbons (Fsp3) is 0.393. The van der Waals surface area contributed by atoms with Crippen LogP contribution in [0.2, 0.25) is 0 Å².